The van der Waals surface area contributed by atoms with Crippen molar-refractivity contribution in [1.82, 2.24) is 4.98 Å². The Morgan fingerprint density at radius 2 is 1.50 bits per heavy atom. The topological polar surface area (TPSA) is 12.9 Å². The molecule has 0 radical (unpaired) electrons. The molecule has 26 heavy (non-hydrogen) atoms. The summed E-state index contributed by atoms with van der Waals surface area (Å²) < 4.78 is 0. The SMILES string of the molecule is CCCCCCC[C@H]1CC[C@H]([C@H]2CC[C@H](c3ccc(Cl)nc3)CC2)CC1. The molecule has 1 nitrogen and oxygen atoms in total. The van der Waals surface area contributed by atoms with Crippen molar-refractivity contribution in [3.8, 4) is 0 Å². The minimum atomic E-state index is 0.615. The molecule has 2 aliphatic carbocycles. The van der Waals surface area contributed by atoms with Crippen LogP contribution in [0.15, 0.2) is 18.3 Å². The second kappa shape index (κ2) is 10.7. The molecule has 0 atom stereocenters. The Kier molecular flexibility index (Phi) is 8.30. The molecule has 2 saturated carbocycles. The van der Waals surface area contributed by atoms with E-state index in [0.29, 0.717) is 5.15 Å². The maximum Gasteiger partial charge on any atom is 0.129 e. The summed E-state index contributed by atoms with van der Waals surface area (Å²) in [4.78, 5) is 4.28. The van der Waals surface area contributed by atoms with E-state index in [1.54, 1.807) is 0 Å². The number of pyridine rings is 1. The second-order valence-electron chi connectivity index (χ2n) is 9.01. The summed E-state index contributed by atoms with van der Waals surface area (Å²) in [6, 6.07) is 4.14. The largest absolute Gasteiger partial charge is 0.244 e. The average molecular weight is 376 g/mol. The van der Waals surface area contributed by atoms with Crippen LogP contribution in [-0.4, -0.2) is 4.98 Å². The van der Waals surface area contributed by atoms with Gasteiger partial charge in [0.05, 0.1) is 0 Å². The molecule has 0 saturated heterocycles. The van der Waals surface area contributed by atoms with Crippen LogP contribution >= 0.6 is 11.6 Å². The van der Waals surface area contributed by atoms with Gasteiger partial charge in [-0.15, -0.1) is 0 Å². The quantitative estimate of drug-likeness (QED) is 0.329. The maximum atomic E-state index is 5.93. The van der Waals surface area contributed by atoms with Crippen LogP contribution in [0.5, 0.6) is 0 Å². The first-order valence-electron chi connectivity index (χ1n) is 11.4. The van der Waals surface area contributed by atoms with Gasteiger partial charge in [0.15, 0.2) is 0 Å². The number of aromatic nitrogens is 1. The van der Waals surface area contributed by atoms with E-state index in [9.17, 15) is 0 Å². The Bertz CT molecular complexity index is 495. The molecule has 1 aromatic heterocycles. The van der Waals surface area contributed by atoms with Crippen LogP contribution in [-0.2, 0) is 0 Å². The van der Waals surface area contributed by atoms with Crippen LogP contribution in [0.25, 0.3) is 0 Å². The molecule has 2 aliphatic rings. The number of halogens is 1. The van der Waals surface area contributed by atoms with Crippen molar-refractivity contribution in [2.45, 2.75) is 103 Å². The van der Waals surface area contributed by atoms with Crippen LogP contribution in [0.1, 0.15) is 108 Å². The summed E-state index contributed by atoms with van der Waals surface area (Å²) in [5.74, 6) is 3.78. The highest BCUT2D eigenvalue weighted by Gasteiger charge is 2.31. The first-order valence-corrected chi connectivity index (χ1v) is 11.8. The predicted octanol–water partition coefficient (Wildman–Crippen LogP) is 8.18. The van der Waals surface area contributed by atoms with Gasteiger partial charge < -0.3 is 0 Å². The van der Waals surface area contributed by atoms with Crippen LogP contribution in [0.4, 0.5) is 0 Å². The summed E-state index contributed by atoms with van der Waals surface area (Å²) in [5.41, 5.74) is 1.40. The van der Waals surface area contributed by atoms with Crippen LogP contribution in [0.3, 0.4) is 0 Å². The van der Waals surface area contributed by atoms with E-state index < -0.39 is 0 Å². The van der Waals surface area contributed by atoms with E-state index in [0.717, 1.165) is 23.7 Å². The molecule has 0 bridgehead atoms. The summed E-state index contributed by atoms with van der Waals surface area (Å²) in [6.45, 7) is 2.31. The third-order valence-electron chi connectivity index (χ3n) is 7.27. The molecule has 0 unspecified atom stereocenters. The van der Waals surface area contributed by atoms with Crippen LogP contribution in [0.2, 0.25) is 5.15 Å². The monoisotopic (exact) mass is 375 g/mol. The van der Waals surface area contributed by atoms with Gasteiger partial charge in [0.2, 0.25) is 0 Å². The lowest BCUT2D eigenvalue weighted by Gasteiger charge is -2.38. The van der Waals surface area contributed by atoms with E-state index in [4.69, 9.17) is 11.6 Å². The fraction of sp³-hybridized carbons (Fsp3) is 0.792. The Hall–Kier alpha value is -0.560. The first-order chi connectivity index (χ1) is 12.8. The molecular weight excluding hydrogens is 338 g/mol. The average Bonchev–Trinajstić information content (AvgIpc) is 2.69. The molecule has 3 rings (SSSR count). The molecule has 1 heterocycles. The Morgan fingerprint density at radius 1 is 0.846 bits per heavy atom. The Balaban J connectivity index is 1.34. The number of unbranched alkanes of at least 4 members (excludes halogenated alkanes) is 4. The summed E-state index contributed by atoms with van der Waals surface area (Å²) in [6.07, 6.45) is 22.3. The van der Waals surface area contributed by atoms with E-state index in [2.05, 4.69) is 18.0 Å². The normalized spacial score (nSPS) is 29.6. The maximum absolute atomic E-state index is 5.93. The smallest absolute Gasteiger partial charge is 0.129 e. The minimum absolute atomic E-state index is 0.615. The van der Waals surface area contributed by atoms with Crippen molar-refractivity contribution in [3.05, 3.63) is 29.0 Å². The van der Waals surface area contributed by atoms with Gasteiger partial charge in [0.1, 0.15) is 5.15 Å². The first kappa shape index (κ1) is 20.2. The molecular formula is C24H38ClN. The molecule has 0 N–H and O–H groups in total. The van der Waals surface area contributed by atoms with Gasteiger partial charge in [-0.25, -0.2) is 4.98 Å². The Labute approximate surface area is 166 Å². The van der Waals surface area contributed by atoms with Crippen molar-refractivity contribution in [2.75, 3.05) is 0 Å². The van der Waals surface area contributed by atoms with Gasteiger partial charge in [0, 0.05) is 6.20 Å². The minimum Gasteiger partial charge on any atom is -0.244 e. The third-order valence-corrected chi connectivity index (χ3v) is 7.49. The molecule has 146 valence electrons. The number of nitrogens with zero attached hydrogens (tertiary/aromatic N) is 1. The Morgan fingerprint density at radius 3 is 2.12 bits per heavy atom. The van der Waals surface area contributed by atoms with Crippen LogP contribution in [0, 0.1) is 17.8 Å². The van der Waals surface area contributed by atoms with Gasteiger partial charge >= 0.3 is 0 Å². The van der Waals surface area contributed by atoms with Crippen molar-refractivity contribution < 1.29 is 0 Å². The van der Waals surface area contributed by atoms with Gasteiger partial charge in [-0.05, 0) is 73.8 Å². The van der Waals surface area contributed by atoms with E-state index in [-0.39, 0.29) is 0 Å². The van der Waals surface area contributed by atoms with Crippen molar-refractivity contribution in [2.24, 2.45) is 17.8 Å². The molecule has 2 fully saturated rings. The fourth-order valence-electron chi connectivity index (χ4n) is 5.54. The van der Waals surface area contributed by atoms with Crippen molar-refractivity contribution in [1.29, 1.82) is 0 Å². The van der Waals surface area contributed by atoms with E-state index >= 15 is 0 Å². The lowest BCUT2D eigenvalue weighted by Crippen LogP contribution is -2.25. The molecule has 0 spiro atoms. The third kappa shape index (κ3) is 5.98. The summed E-state index contributed by atoms with van der Waals surface area (Å²) in [5, 5.41) is 0.615. The number of hydrogen-bond acceptors (Lipinski definition) is 1. The fourth-order valence-corrected chi connectivity index (χ4v) is 5.65. The van der Waals surface area contributed by atoms with E-state index in [1.807, 2.05) is 12.3 Å². The highest BCUT2D eigenvalue weighted by Crippen LogP contribution is 2.44. The van der Waals surface area contributed by atoms with Gasteiger partial charge in [-0.1, -0.05) is 76.0 Å². The summed E-state index contributed by atoms with van der Waals surface area (Å²) >= 11 is 5.93. The van der Waals surface area contributed by atoms with Gasteiger partial charge in [-0.3, -0.25) is 0 Å². The predicted molar refractivity (Wildman–Crippen MR) is 113 cm³/mol. The zero-order chi connectivity index (χ0) is 18.2. The molecule has 0 aromatic carbocycles. The molecule has 2 heteroatoms. The zero-order valence-electron chi connectivity index (χ0n) is 16.8. The second-order valence-corrected chi connectivity index (χ2v) is 9.40. The van der Waals surface area contributed by atoms with Crippen molar-refractivity contribution in [3.63, 3.8) is 0 Å². The van der Waals surface area contributed by atoms with Gasteiger partial charge in [0.25, 0.3) is 0 Å². The highest BCUT2D eigenvalue weighted by molar-refractivity contribution is 6.29. The van der Waals surface area contributed by atoms with Crippen LogP contribution < -0.4 is 0 Å². The van der Waals surface area contributed by atoms with Gasteiger partial charge in [-0.2, -0.15) is 0 Å². The molecule has 1 aromatic rings. The molecule has 0 aliphatic heterocycles. The number of hydrogen-bond donors (Lipinski definition) is 0. The van der Waals surface area contributed by atoms with Crippen molar-refractivity contribution >= 4 is 11.6 Å². The standard InChI is InChI=1S/C24H38ClN/c1-2-3-4-5-6-7-19-8-10-20(11-9-19)21-12-14-22(15-13-21)23-16-17-24(25)26-18-23/h16-22H,2-15H2,1H3/t19-,20-,21-,22-. The lowest BCUT2D eigenvalue weighted by molar-refractivity contribution is 0.155. The molecule has 0 amide bonds. The lowest BCUT2D eigenvalue weighted by atomic mass is 9.68. The highest BCUT2D eigenvalue weighted by atomic mass is 35.5. The zero-order valence-corrected chi connectivity index (χ0v) is 17.5. The van der Waals surface area contributed by atoms with E-state index in [1.165, 1.54) is 95.5 Å². The summed E-state index contributed by atoms with van der Waals surface area (Å²) in [7, 11) is 0. The number of rotatable bonds is 8.